The summed E-state index contributed by atoms with van der Waals surface area (Å²) in [6, 6.07) is 7.85. The second-order valence-corrected chi connectivity index (χ2v) is 6.39. The standard InChI is InChI=1S/C17H27ClN4O.HI/c1-14(13-22-6-8-23-9-7-22)11-20-17(19-2)21-12-15-4-3-5-16(18)10-15;/h3-5,10,14H,6-9,11-13H2,1-2H3,(H2,19,20,21);1H. The Kier molecular flexibility index (Phi) is 10.6. The van der Waals surface area contributed by atoms with E-state index in [0.29, 0.717) is 12.5 Å². The third-order valence-corrected chi connectivity index (χ3v) is 4.10. The largest absolute Gasteiger partial charge is 0.379 e. The van der Waals surface area contributed by atoms with Crippen molar-refractivity contribution in [3.05, 3.63) is 34.9 Å². The zero-order valence-corrected chi connectivity index (χ0v) is 17.5. The molecule has 1 heterocycles. The molecule has 2 N–H and O–H groups in total. The molecule has 24 heavy (non-hydrogen) atoms. The van der Waals surface area contributed by atoms with Crippen molar-refractivity contribution in [1.82, 2.24) is 15.5 Å². The minimum Gasteiger partial charge on any atom is -0.379 e. The highest BCUT2D eigenvalue weighted by molar-refractivity contribution is 14.0. The number of morpholine rings is 1. The first-order chi connectivity index (χ1) is 11.2. The Labute approximate surface area is 167 Å². The topological polar surface area (TPSA) is 48.9 Å². The summed E-state index contributed by atoms with van der Waals surface area (Å²) in [5.74, 6) is 1.37. The third kappa shape index (κ3) is 8.00. The Bertz CT molecular complexity index is 509. The monoisotopic (exact) mass is 466 g/mol. The van der Waals surface area contributed by atoms with Gasteiger partial charge in [0.25, 0.3) is 0 Å². The molecular formula is C17H28ClIN4O. The number of hydrogen-bond donors (Lipinski definition) is 2. The fourth-order valence-electron chi connectivity index (χ4n) is 2.61. The number of nitrogens with one attached hydrogen (secondary N) is 2. The molecular weight excluding hydrogens is 439 g/mol. The lowest BCUT2D eigenvalue weighted by atomic mass is 10.1. The van der Waals surface area contributed by atoms with Crippen LogP contribution in [0.25, 0.3) is 0 Å². The Balaban J connectivity index is 0.00000288. The number of guanidine groups is 1. The van der Waals surface area contributed by atoms with Crippen LogP contribution in [0.3, 0.4) is 0 Å². The number of aliphatic imine (C=N–C) groups is 1. The van der Waals surface area contributed by atoms with Gasteiger partial charge in [-0.25, -0.2) is 0 Å². The van der Waals surface area contributed by atoms with Gasteiger partial charge in [0.15, 0.2) is 5.96 Å². The lowest BCUT2D eigenvalue weighted by Gasteiger charge is -2.29. The van der Waals surface area contributed by atoms with E-state index >= 15 is 0 Å². The van der Waals surface area contributed by atoms with Crippen LogP contribution < -0.4 is 10.6 Å². The van der Waals surface area contributed by atoms with Crippen LogP contribution in [-0.4, -0.2) is 57.3 Å². The van der Waals surface area contributed by atoms with Crippen molar-refractivity contribution in [3.8, 4) is 0 Å². The summed E-state index contributed by atoms with van der Waals surface area (Å²) in [6.07, 6.45) is 0. The van der Waals surface area contributed by atoms with Crippen molar-refractivity contribution >= 4 is 41.5 Å². The normalized spacial score (nSPS) is 17.0. The molecule has 1 saturated heterocycles. The molecule has 1 unspecified atom stereocenters. The van der Waals surface area contributed by atoms with Gasteiger partial charge >= 0.3 is 0 Å². The van der Waals surface area contributed by atoms with Crippen molar-refractivity contribution in [1.29, 1.82) is 0 Å². The van der Waals surface area contributed by atoms with E-state index in [1.165, 1.54) is 0 Å². The van der Waals surface area contributed by atoms with Crippen molar-refractivity contribution in [2.24, 2.45) is 10.9 Å². The number of nitrogens with zero attached hydrogens (tertiary/aromatic N) is 2. The molecule has 0 bridgehead atoms. The summed E-state index contributed by atoms with van der Waals surface area (Å²) in [4.78, 5) is 6.73. The van der Waals surface area contributed by atoms with Gasteiger partial charge in [-0.2, -0.15) is 0 Å². The highest BCUT2D eigenvalue weighted by Crippen LogP contribution is 2.10. The Morgan fingerprint density at radius 3 is 2.75 bits per heavy atom. The molecule has 1 fully saturated rings. The lowest BCUT2D eigenvalue weighted by Crippen LogP contribution is -2.43. The molecule has 7 heteroatoms. The summed E-state index contributed by atoms with van der Waals surface area (Å²) >= 11 is 6.00. The van der Waals surface area contributed by atoms with Gasteiger partial charge in [-0.1, -0.05) is 30.7 Å². The van der Waals surface area contributed by atoms with Gasteiger partial charge in [-0.3, -0.25) is 9.89 Å². The van der Waals surface area contributed by atoms with E-state index in [-0.39, 0.29) is 24.0 Å². The average Bonchev–Trinajstić information content (AvgIpc) is 2.56. The predicted molar refractivity (Wildman–Crippen MR) is 111 cm³/mol. The fourth-order valence-corrected chi connectivity index (χ4v) is 2.83. The molecule has 5 nitrogen and oxygen atoms in total. The highest BCUT2D eigenvalue weighted by Gasteiger charge is 2.13. The second kappa shape index (κ2) is 11.9. The van der Waals surface area contributed by atoms with Crippen LogP contribution in [0.15, 0.2) is 29.3 Å². The lowest BCUT2D eigenvalue weighted by molar-refractivity contribution is 0.0320. The number of rotatable bonds is 6. The quantitative estimate of drug-likeness (QED) is 0.384. The van der Waals surface area contributed by atoms with Gasteiger partial charge in [-0.05, 0) is 23.6 Å². The maximum atomic E-state index is 6.00. The minimum atomic E-state index is 0. The van der Waals surface area contributed by atoms with Crippen molar-refractivity contribution in [2.45, 2.75) is 13.5 Å². The molecule has 136 valence electrons. The molecule has 0 spiro atoms. The average molecular weight is 467 g/mol. The van der Waals surface area contributed by atoms with E-state index in [1.54, 1.807) is 7.05 Å². The van der Waals surface area contributed by atoms with E-state index in [2.05, 4.69) is 27.4 Å². The third-order valence-electron chi connectivity index (χ3n) is 3.86. The van der Waals surface area contributed by atoms with E-state index in [4.69, 9.17) is 16.3 Å². The number of benzene rings is 1. The first-order valence-corrected chi connectivity index (χ1v) is 8.54. The summed E-state index contributed by atoms with van der Waals surface area (Å²) in [7, 11) is 1.79. The molecule has 1 aromatic rings. The maximum absolute atomic E-state index is 6.00. The zero-order valence-electron chi connectivity index (χ0n) is 14.4. The van der Waals surface area contributed by atoms with Crippen molar-refractivity contribution < 1.29 is 4.74 Å². The molecule has 0 amide bonds. The Hall–Kier alpha value is -0.570. The number of halogens is 2. The van der Waals surface area contributed by atoms with Gasteiger partial charge in [0.2, 0.25) is 0 Å². The maximum Gasteiger partial charge on any atom is 0.191 e. The summed E-state index contributed by atoms with van der Waals surface area (Å²) in [6.45, 7) is 8.71. The molecule has 1 atom stereocenters. The SMILES string of the molecule is CN=C(NCc1cccc(Cl)c1)NCC(C)CN1CCOCC1.I. The first kappa shape index (κ1) is 21.5. The smallest absolute Gasteiger partial charge is 0.191 e. The van der Waals surface area contributed by atoms with Gasteiger partial charge in [0.05, 0.1) is 13.2 Å². The molecule has 0 aliphatic carbocycles. The van der Waals surface area contributed by atoms with E-state index in [0.717, 1.165) is 55.9 Å². The summed E-state index contributed by atoms with van der Waals surface area (Å²) in [5, 5.41) is 7.47. The van der Waals surface area contributed by atoms with Crippen LogP contribution in [0.5, 0.6) is 0 Å². The van der Waals surface area contributed by atoms with Crippen molar-refractivity contribution in [2.75, 3.05) is 46.4 Å². The van der Waals surface area contributed by atoms with Crippen LogP contribution in [0.2, 0.25) is 5.02 Å². The fraction of sp³-hybridized carbons (Fsp3) is 0.588. The van der Waals surface area contributed by atoms with Gasteiger partial charge in [-0.15, -0.1) is 24.0 Å². The zero-order chi connectivity index (χ0) is 16.5. The van der Waals surface area contributed by atoms with E-state index in [1.807, 2.05) is 24.3 Å². The van der Waals surface area contributed by atoms with Crippen LogP contribution in [0.4, 0.5) is 0 Å². The molecule has 0 saturated carbocycles. The van der Waals surface area contributed by atoms with Gasteiger partial charge in [0, 0.05) is 44.8 Å². The van der Waals surface area contributed by atoms with Gasteiger partial charge in [0.1, 0.15) is 0 Å². The first-order valence-electron chi connectivity index (χ1n) is 8.16. The number of hydrogen-bond acceptors (Lipinski definition) is 3. The molecule has 0 aromatic heterocycles. The van der Waals surface area contributed by atoms with Crippen LogP contribution in [0, 0.1) is 5.92 Å². The van der Waals surface area contributed by atoms with E-state index in [9.17, 15) is 0 Å². The van der Waals surface area contributed by atoms with E-state index < -0.39 is 0 Å². The summed E-state index contributed by atoms with van der Waals surface area (Å²) in [5.41, 5.74) is 1.14. The van der Waals surface area contributed by atoms with Crippen LogP contribution >= 0.6 is 35.6 Å². The summed E-state index contributed by atoms with van der Waals surface area (Å²) < 4.78 is 5.38. The minimum absolute atomic E-state index is 0. The molecule has 2 rings (SSSR count). The highest BCUT2D eigenvalue weighted by atomic mass is 127. The van der Waals surface area contributed by atoms with Gasteiger partial charge < -0.3 is 15.4 Å². The second-order valence-electron chi connectivity index (χ2n) is 5.95. The van der Waals surface area contributed by atoms with Crippen molar-refractivity contribution in [3.63, 3.8) is 0 Å². The number of ether oxygens (including phenoxy) is 1. The Morgan fingerprint density at radius 2 is 2.08 bits per heavy atom. The van der Waals surface area contributed by atoms with Crippen LogP contribution in [0.1, 0.15) is 12.5 Å². The Morgan fingerprint density at radius 1 is 1.33 bits per heavy atom. The predicted octanol–water partition coefficient (Wildman–Crippen LogP) is 2.59. The van der Waals surface area contributed by atoms with Crippen LogP contribution in [-0.2, 0) is 11.3 Å². The molecule has 1 aliphatic rings. The molecule has 1 aromatic carbocycles. The molecule has 1 aliphatic heterocycles. The molecule has 0 radical (unpaired) electrons.